The van der Waals surface area contributed by atoms with E-state index in [2.05, 4.69) is 34.3 Å². The number of benzene rings is 1. The zero-order valence-electron chi connectivity index (χ0n) is 6.39. The molecule has 0 saturated heterocycles. The third kappa shape index (κ3) is 1.94. The van der Waals surface area contributed by atoms with Gasteiger partial charge in [0.2, 0.25) is 0 Å². The predicted molar refractivity (Wildman–Crippen MR) is 51.3 cm³/mol. The largest absolute Gasteiger partial charge is 0.324 e. The van der Waals surface area contributed by atoms with Gasteiger partial charge in [0.1, 0.15) is 0 Å². The molecule has 0 unspecified atom stereocenters. The molecule has 0 bridgehead atoms. The van der Waals surface area contributed by atoms with Crippen molar-refractivity contribution in [1.82, 2.24) is 0 Å². The lowest BCUT2D eigenvalue weighted by molar-refractivity contribution is 1.13. The lowest BCUT2D eigenvalue weighted by Crippen LogP contribution is -2.06. The molecule has 0 aliphatic heterocycles. The predicted octanol–water partition coefficient (Wildman–Crippen LogP) is 2.30. The van der Waals surface area contributed by atoms with E-state index in [1.54, 1.807) is 0 Å². The molecule has 0 fully saturated rings. The summed E-state index contributed by atoms with van der Waals surface area (Å²) in [6, 6.07) is 5.99. The SMILES string of the molecule is CCc1ccc(NN)cc1Br. The third-order valence-electron chi connectivity index (χ3n) is 1.60. The summed E-state index contributed by atoms with van der Waals surface area (Å²) in [7, 11) is 0. The van der Waals surface area contributed by atoms with E-state index in [0.29, 0.717) is 0 Å². The van der Waals surface area contributed by atoms with Crippen LogP contribution in [-0.4, -0.2) is 0 Å². The summed E-state index contributed by atoms with van der Waals surface area (Å²) >= 11 is 3.45. The Hall–Kier alpha value is -0.540. The number of nitrogen functional groups attached to an aromatic ring is 1. The molecule has 0 amide bonds. The molecule has 3 heteroatoms. The molecular weight excluding hydrogens is 204 g/mol. The molecule has 0 aliphatic rings. The lowest BCUT2D eigenvalue weighted by atomic mass is 10.1. The summed E-state index contributed by atoms with van der Waals surface area (Å²) in [5, 5.41) is 0. The first-order chi connectivity index (χ1) is 5.27. The second-order valence-electron chi connectivity index (χ2n) is 2.30. The Morgan fingerprint density at radius 1 is 1.55 bits per heavy atom. The first-order valence-corrected chi connectivity index (χ1v) is 4.32. The first-order valence-electron chi connectivity index (χ1n) is 3.53. The van der Waals surface area contributed by atoms with Crippen LogP contribution in [-0.2, 0) is 6.42 Å². The van der Waals surface area contributed by atoms with E-state index in [9.17, 15) is 0 Å². The number of aryl methyl sites for hydroxylation is 1. The van der Waals surface area contributed by atoms with E-state index in [-0.39, 0.29) is 0 Å². The summed E-state index contributed by atoms with van der Waals surface area (Å²) in [5.41, 5.74) is 4.81. The quantitative estimate of drug-likeness (QED) is 0.586. The van der Waals surface area contributed by atoms with Crippen molar-refractivity contribution >= 4 is 21.6 Å². The van der Waals surface area contributed by atoms with E-state index in [1.807, 2.05) is 12.1 Å². The number of rotatable bonds is 2. The molecule has 1 rings (SSSR count). The number of nitrogens with two attached hydrogens (primary N) is 1. The fourth-order valence-electron chi connectivity index (χ4n) is 0.924. The molecule has 0 saturated carbocycles. The van der Waals surface area contributed by atoms with Crippen LogP contribution in [0, 0.1) is 0 Å². The van der Waals surface area contributed by atoms with Crippen LogP contribution in [0.5, 0.6) is 0 Å². The zero-order valence-corrected chi connectivity index (χ0v) is 7.98. The highest BCUT2D eigenvalue weighted by Crippen LogP contribution is 2.20. The molecule has 1 aromatic rings. The normalized spacial score (nSPS) is 9.73. The number of hydrazine groups is 1. The van der Waals surface area contributed by atoms with Crippen LogP contribution in [0.1, 0.15) is 12.5 Å². The van der Waals surface area contributed by atoms with Gasteiger partial charge in [-0.3, -0.25) is 5.84 Å². The Kier molecular flexibility index (Phi) is 2.91. The summed E-state index contributed by atoms with van der Waals surface area (Å²) in [5.74, 6) is 5.24. The van der Waals surface area contributed by atoms with Crippen LogP contribution in [0.3, 0.4) is 0 Å². The number of nitrogens with one attached hydrogen (secondary N) is 1. The molecule has 3 N–H and O–H groups in total. The number of halogens is 1. The molecular formula is C8H11BrN2. The standard InChI is InChI=1S/C8H11BrN2/c1-2-6-3-4-7(11-10)5-8(6)9/h3-5,11H,2,10H2,1H3. The molecule has 0 heterocycles. The number of anilines is 1. The summed E-state index contributed by atoms with van der Waals surface area (Å²) in [6.45, 7) is 2.12. The van der Waals surface area contributed by atoms with Gasteiger partial charge in [-0.05, 0) is 24.1 Å². The van der Waals surface area contributed by atoms with E-state index >= 15 is 0 Å². The molecule has 0 aromatic heterocycles. The molecule has 0 radical (unpaired) electrons. The maximum Gasteiger partial charge on any atom is 0.0496 e. The monoisotopic (exact) mass is 214 g/mol. The summed E-state index contributed by atoms with van der Waals surface area (Å²) in [4.78, 5) is 0. The van der Waals surface area contributed by atoms with Crippen LogP contribution in [0.2, 0.25) is 0 Å². The third-order valence-corrected chi connectivity index (χ3v) is 2.34. The second-order valence-corrected chi connectivity index (χ2v) is 3.16. The molecule has 2 nitrogen and oxygen atoms in total. The molecule has 1 aromatic carbocycles. The highest BCUT2D eigenvalue weighted by Gasteiger charge is 1.97. The highest BCUT2D eigenvalue weighted by atomic mass is 79.9. The minimum Gasteiger partial charge on any atom is -0.324 e. The molecule has 0 aliphatic carbocycles. The Balaban J connectivity index is 2.99. The summed E-state index contributed by atoms with van der Waals surface area (Å²) < 4.78 is 1.11. The van der Waals surface area contributed by atoms with Gasteiger partial charge in [0, 0.05) is 10.2 Å². The van der Waals surface area contributed by atoms with Crippen LogP contribution < -0.4 is 11.3 Å². The summed E-state index contributed by atoms with van der Waals surface area (Å²) in [6.07, 6.45) is 1.03. The van der Waals surface area contributed by atoms with Crippen molar-refractivity contribution in [3.05, 3.63) is 28.2 Å². The Morgan fingerprint density at radius 3 is 2.73 bits per heavy atom. The van der Waals surface area contributed by atoms with E-state index < -0.39 is 0 Å². The number of hydrogen-bond acceptors (Lipinski definition) is 2. The molecule has 0 atom stereocenters. The minimum atomic E-state index is 0.925. The van der Waals surface area contributed by atoms with Gasteiger partial charge < -0.3 is 5.43 Å². The Bertz CT molecular complexity index is 248. The smallest absolute Gasteiger partial charge is 0.0496 e. The maximum atomic E-state index is 5.24. The molecule has 11 heavy (non-hydrogen) atoms. The van der Waals surface area contributed by atoms with Crippen molar-refractivity contribution < 1.29 is 0 Å². The van der Waals surface area contributed by atoms with Crippen LogP contribution >= 0.6 is 15.9 Å². The van der Waals surface area contributed by atoms with Gasteiger partial charge in [0.25, 0.3) is 0 Å². The average molecular weight is 215 g/mol. The van der Waals surface area contributed by atoms with Crippen molar-refractivity contribution in [2.45, 2.75) is 13.3 Å². The van der Waals surface area contributed by atoms with Crippen LogP contribution in [0.15, 0.2) is 22.7 Å². The van der Waals surface area contributed by atoms with Gasteiger partial charge in [-0.1, -0.05) is 28.9 Å². The fourth-order valence-corrected chi connectivity index (χ4v) is 1.58. The van der Waals surface area contributed by atoms with Gasteiger partial charge in [0.05, 0.1) is 0 Å². The van der Waals surface area contributed by atoms with Gasteiger partial charge in [-0.15, -0.1) is 0 Å². The number of hydrogen-bond donors (Lipinski definition) is 2. The van der Waals surface area contributed by atoms with Gasteiger partial charge >= 0.3 is 0 Å². The Labute approximate surface area is 74.9 Å². The van der Waals surface area contributed by atoms with Crippen molar-refractivity contribution in [3.8, 4) is 0 Å². The fraction of sp³-hybridized carbons (Fsp3) is 0.250. The van der Waals surface area contributed by atoms with Crippen molar-refractivity contribution in [2.75, 3.05) is 5.43 Å². The minimum absolute atomic E-state index is 0.925. The van der Waals surface area contributed by atoms with E-state index in [1.165, 1.54) is 5.56 Å². The van der Waals surface area contributed by atoms with Gasteiger partial charge in [-0.2, -0.15) is 0 Å². The lowest BCUT2D eigenvalue weighted by Gasteiger charge is -2.03. The second kappa shape index (κ2) is 3.74. The topological polar surface area (TPSA) is 38.0 Å². The van der Waals surface area contributed by atoms with Crippen LogP contribution in [0.4, 0.5) is 5.69 Å². The maximum absolute atomic E-state index is 5.24. The zero-order chi connectivity index (χ0) is 8.27. The molecule has 0 spiro atoms. The average Bonchev–Trinajstić information content (AvgIpc) is 2.04. The van der Waals surface area contributed by atoms with Gasteiger partial charge in [0.15, 0.2) is 0 Å². The van der Waals surface area contributed by atoms with E-state index in [4.69, 9.17) is 5.84 Å². The van der Waals surface area contributed by atoms with E-state index in [0.717, 1.165) is 16.6 Å². The van der Waals surface area contributed by atoms with Crippen molar-refractivity contribution in [3.63, 3.8) is 0 Å². The Morgan fingerprint density at radius 2 is 2.27 bits per heavy atom. The highest BCUT2D eigenvalue weighted by molar-refractivity contribution is 9.10. The van der Waals surface area contributed by atoms with Crippen molar-refractivity contribution in [2.24, 2.45) is 5.84 Å². The van der Waals surface area contributed by atoms with Crippen LogP contribution in [0.25, 0.3) is 0 Å². The first kappa shape index (κ1) is 8.56. The van der Waals surface area contributed by atoms with Crippen molar-refractivity contribution in [1.29, 1.82) is 0 Å². The molecule has 60 valence electrons. The van der Waals surface area contributed by atoms with Gasteiger partial charge in [-0.25, -0.2) is 0 Å².